The zero-order valence-corrected chi connectivity index (χ0v) is 14.3. The van der Waals surface area contributed by atoms with E-state index in [1.807, 2.05) is 0 Å². The molecule has 3 rings (SSSR count). The highest BCUT2D eigenvalue weighted by Gasteiger charge is 2.30. The van der Waals surface area contributed by atoms with Crippen molar-refractivity contribution in [3.63, 3.8) is 0 Å². The number of nitrogen functional groups attached to an aromatic ring is 1. The van der Waals surface area contributed by atoms with Gasteiger partial charge in [-0.05, 0) is 13.8 Å². The van der Waals surface area contributed by atoms with Crippen molar-refractivity contribution in [1.29, 1.82) is 0 Å². The first kappa shape index (κ1) is 16.4. The molecule has 2 aromatic rings. The molecule has 0 aliphatic carbocycles. The van der Waals surface area contributed by atoms with Crippen LogP contribution in [0.3, 0.4) is 0 Å². The Bertz CT molecular complexity index is 833. The summed E-state index contributed by atoms with van der Waals surface area (Å²) in [5, 5.41) is 12.0. The number of nitrogens with zero attached hydrogens (tertiary/aromatic N) is 5. The van der Waals surface area contributed by atoms with Gasteiger partial charge in [-0.2, -0.15) is 0 Å². The van der Waals surface area contributed by atoms with Crippen molar-refractivity contribution < 1.29 is 4.92 Å². The van der Waals surface area contributed by atoms with Crippen molar-refractivity contribution in [3.05, 3.63) is 36.9 Å². The van der Waals surface area contributed by atoms with Crippen molar-refractivity contribution in [1.82, 2.24) is 14.5 Å². The van der Waals surface area contributed by atoms with Crippen LogP contribution < -0.4 is 16.2 Å². The van der Waals surface area contributed by atoms with Crippen LogP contribution in [-0.2, 0) is 19.4 Å². The van der Waals surface area contributed by atoms with E-state index < -0.39 is 16.2 Å². The van der Waals surface area contributed by atoms with E-state index in [9.17, 15) is 14.9 Å². The molecule has 1 aliphatic rings. The molecular weight excluding hydrogens is 332 g/mol. The molecule has 10 heteroatoms. The molecule has 0 spiro atoms. The Morgan fingerprint density at radius 1 is 1.33 bits per heavy atom. The zero-order valence-electron chi connectivity index (χ0n) is 13.5. The molecule has 0 radical (unpaired) electrons. The maximum absolute atomic E-state index is 12.5. The summed E-state index contributed by atoms with van der Waals surface area (Å²) < 4.78 is 1.32. The highest BCUT2D eigenvalue weighted by atomic mass is 32.1. The molecular formula is C14H18N6O3S. The molecule has 2 N–H and O–H groups in total. The Balaban J connectivity index is 2.02. The van der Waals surface area contributed by atoms with Crippen LogP contribution >= 0.6 is 11.3 Å². The van der Waals surface area contributed by atoms with Crippen LogP contribution in [0.5, 0.6) is 0 Å². The first-order chi connectivity index (χ1) is 11.4. The van der Waals surface area contributed by atoms with Crippen molar-refractivity contribution in [2.75, 3.05) is 23.7 Å². The number of nitrogens with two attached hydrogens (primary N) is 1. The first-order valence-electron chi connectivity index (χ1n) is 7.67. The van der Waals surface area contributed by atoms with Crippen LogP contribution in [0.15, 0.2) is 4.79 Å². The van der Waals surface area contributed by atoms with Crippen molar-refractivity contribution in [2.24, 2.45) is 0 Å². The quantitative estimate of drug-likeness (QED) is 0.650. The maximum atomic E-state index is 12.5. The molecule has 1 aliphatic heterocycles. The fraction of sp³-hybridized carbons (Fsp3) is 0.500. The van der Waals surface area contributed by atoms with Crippen molar-refractivity contribution in [3.8, 4) is 0 Å². The van der Waals surface area contributed by atoms with Gasteiger partial charge in [0.1, 0.15) is 5.82 Å². The van der Waals surface area contributed by atoms with Crippen LogP contribution in [0, 0.1) is 17.0 Å². The van der Waals surface area contributed by atoms with Crippen LogP contribution in [0.25, 0.3) is 0 Å². The van der Waals surface area contributed by atoms with Gasteiger partial charge in [-0.15, -0.1) is 11.3 Å². The number of fused-ring (bicyclic) bond motifs is 1. The summed E-state index contributed by atoms with van der Waals surface area (Å²) in [6.07, 6.45) is 1.30. The second kappa shape index (κ2) is 6.19. The third kappa shape index (κ3) is 2.73. The minimum absolute atomic E-state index is 0.148. The highest BCUT2D eigenvalue weighted by molar-refractivity contribution is 7.15. The molecule has 0 saturated heterocycles. The van der Waals surface area contributed by atoms with E-state index in [-0.39, 0.29) is 5.82 Å². The number of anilines is 2. The van der Waals surface area contributed by atoms with Crippen LogP contribution in [0.2, 0.25) is 0 Å². The standard InChI is InChI=1S/C14H18N6O3S/c1-3-19-8(2)16-12(11(13(19)21)20(22)23)18-6-4-9-10(5-7-18)24-14(15)17-9/h3-7H2,1-2H3,(H2,15,17). The van der Waals surface area contributed by atoms with Gasteiger partial charge in [0.15, 0.2) is 5.13 Å². The summed E-state index contributed by atoms with van der Waals surface area (Å²) in [6.45, 7) is 4.85. The summed E-state index contributed by atoms with van der Waals surface area (Å²) in [5.74, 6) is 0.625. The predicted molar refractivity (Wildman–Crippen MR) is 91.7 cm³/mol. The number of rotatable bonds is 3. The molecule has 128 valence electrons. The van der Waals surface area contributed by atoms with Gasteiger partial charge in [0.25, 0.3) is 0 Å². The van der Waals surface area contributed by atoms with Gasteiger partial charge in [0.2, 0.25) is 5.82 Å². The van der Waals surface area contributed by atoms with Gasteiger partial charge in [-0.1, -0.05) is 0 Å². The Labute approximate surface area is 141 Å². The fourth-order valence-electron chi connectivity index (χ4n) is 2.98. The number of aromatic nitrogens is 3. The number of thiazole rings is 1. The molecule has 0 fully saturated rings. The lowest BCUT2D eigenvalue weighted by Crippen LogP contribution is -2.33. The number of nitro groups is 1. The van der Waals surface area contributed by atoms with Crippen LogP contribution in [0.1, 0.15) is 23.3 Å². The van der Waals surface area contributed by atoms with Crippen molar-refractivity contribution >= 4 is 28.0 Å². The maximum Gasteiger partial charge on any atom is 0.376 e. The minimum atomic E-state index is -0.632. The van der Waals surface area contributed by atoms with Crippen molar-refractivity contribution in [2.45, 2.75) is 33.2 Å². The smallest absolute Gasteiger partial charge is 0.375 e. The molecule has 9 nitrogen and oxygen atoms in total. The molecule has 2 aromatic heterocycles. The van der Waals surface area contributed by atoms with Gasteiger partial charge < -0.3 is 10.6 Å². The molecule has 0 aromatic carbocycles. The van der Waals surface area contributed by atoms with Gasteiger partial charge in [0.05, 0.1) is 10.6 Å². The number of hydrogen-bond acceptors (Lipinski definition) is 8. The van der Waals surface area contributed by atoms with Crippen LogP contribution in [0.4, 0.5) is 16.6 Å². The van der Waals surface area contributed by atoms with Gasteiger partial charge in [-0.3, -0.25) is 19.5 Å². The lowest BCUT2D eigenvalue weighted by atomic mass is 10.2. The molecule has 0 atom stereocenters. The van der Waals surface area contributed by atoms with E-state index in [1.165, 1.54) is 15.9 Å². The summed E-state index contributed by atoms with van der Waals surface area (Å²) in [4.78, 5) is 34.8. The monoisotopic (exact) mass is 350 g/mol. The lowest BCUT2D eigenvalue weighted by Gasteiger charge is -2.22. The van der Waals surface area contributed by atoms with E-state index in [1.54, 1.807) is 18.7 Å². The fourth-order valence-corrected chi connectivity index (χ4v) is 3.85. The van der Waals surface area contributed by atoms with E-state index >= 15 is 0 Å². The first-order valence-corrected chi connectivity index (χ1v) is 8.48. The second-order valence-corrected chi connectivity index (χ2v) is 6.66. The zero-order chi connectivity index (χ0) is 17.4. The van der Waals surface area contributed by atoms with Gasteiger partial charge in [0, 0.05) is 37.4 Å². The summed E-state index contributed by atoms with van der Waals surface area (Å²) in [5.41, 5.74) is 5.61. The molecule has 3 heterocycles. The minimum Gasteiger partial charge on any atom is -0.375 e. The summed E-state index contributed by atoms with van der Waals surface area (Å²) in [7, 11) is 0. The highest BCUT2D eigenvalue weighted by Crippen LogP contribution is 2.28. The third-order valence-electron chi connectivity index (χ3n) is 4.14. The normalized spacial score (nSPS) is 14.3. The van der Waals surface area contributed by atoms with E-state index in [4.69, 9.17) is 5.73 Å². The Morgan fingerprint density at radius 3 is 2.71 bits per heavy atom. The third-order valence-corrected chi connectivity index (χ3v) is 5.12. The SMILES string of the molecule is CCn1c(C)nc(N2CCc3nc(N)sc3CC2)c([N+](=O)[O-])c1=O. The lowest BCUT2D eigenvalue weighted by molar-refractivity contribution is -0.386. The molecule has 0 saturated carbocycles. The summed E-state index contributed by atoms with van der Waals surface area (Å²) in [6, 6.07) is 0. The summed E-state index contributed by atoms with van der Waals surface area (Å²) >= 11 is 1.44. The predicted octanol–water partition coefficient (Wildman–Crippen LogP) is 1.12. The van der Waals surface area contributed by atoms with E-state index in [0.717, 1.165) is 10.6 Å². The topological polar surface area (TPSA) is 120 Å². The number of aryl methyl sites for hydroxylation is 1. The Morgan fingerprint density at radius 2 is 2.04 bits per heavy atom. The van der Waals surface area contributed by atoms with Gasteiger partial charge >= 0.3 is 11.2 Å². The van der Waals surface area contributed by atoms with Gasteiger partial charge in [-0.25, -0.2) is 9.97 Å². The molecule has 0 unspecified atom stereocenters. The van der Waals surface area contributed by atoms with Crippen LogP contribution in [-0.4, -0.2) is 32.5 Å². The average molecular weight is 350 g/mol. The second-order valence-electron chi connectivity index (χ2n) is 5.55. The molecule has 0 amide bonds. The Hall–Kier alpha value is -2.49. The average Bonchev–Trinajstić information content (AvgIpc) is 2.75. The molecule has 24 heavy (non-hydrogen) atoms. The number of hydrogen-bond donors (Lipinski definition) is 1. The van der Waals surface area contributed by atoms with E-state index in [2.05, 4.69) is 9.97 Å². The molecule has 0 bridgehead atoms. The van der Waals surface area contributed by atoms with E-state index in [0.29, 0.717) is 43.4 Å². The largest absolute Gasteiger partial charge is 0.376 e. The Kier molecular flexibility index (Phi) is 4.22.